The molecule has 0 radical (unpaired) electrons. The van der Waals surface area contributed by atoms with Gasteiger partial charge in [-0.1, -0.05) is 30.9 Å². The largest absolute Gasteiger partial charge is 1.00 e. The molecule has 0 saturated carbocycles. The third-order valence-corrected chi connectivity index (χ3v) is 1.69. The first-order valence-corrected chi connectivity index (χ1v) is 4.90. The second-order valence-corrected chi connectivity index (χ2v) is 3.05. The van der Waals surface area contributed by atoms with Crippen molar-refractivity contribution in [1.29, 1.82) is 0 Å². The molecule has 0 atom stereocenters. The van der Waals surface area contributed by atoms with Crippen molar-refractivity contribution in [1.82, 2.24) is 0 Å². The molecule has 4 nitrogen and oxygen atoms in total. The Balaban J connectivity index is 0. The molecule has 17 heavy (non-hydrogen) atoms. The van der Waals surface area contributed by atoms with Crippen molar-refractivity contribution in [2.45, 2.75) is 11.9 Å². The van der Waals surface area contributed by atoms with E-state index in [9.17, 15) is 15.1 Å². The fraction of sp³-hybridized carbons (Fsp3) is 0.0909. The molecule has 0 unspecified atom stereocenters. The molecule has 0 bridgehead atoms. The first-order valence-electron chi connectivity index (χ1n) is 4.45. The zero-order chi connectivity index (χ0) is 12.4. The number of hydrogen-bond donors (Lipinski definition) is 1. The van der Waals surface area contributed by atoms with E-state index in [1.807, 2.05) is 0 Å². The maximum atomic E-state index is 10.5. The summed E-state index contributed by atoms with van der Waals surface area (Å²) in [6, 6.07) is 5.06. The predicted molar refractivity (Wildman–Crippen MR) is 61.6 cm³/mol. The van der Waals surface area contributed by atoms with Crippen LogP contribution in [0.1, 0.15) is 6.92 Å². The maximum Gasteiger partial charge on any atom is 1.00 e. The normalized spacial score (nSPS) is 9.53. The molecule has 0 saturated heterocycles. The summed E-state index contributed by atoms with van der Waals surface area (Å²) < 4.78 is 0.698. The molecule has 1 aromatic rings. The Hall–Kier alpha value is -0.750. The Kier molecular flexibility index (Phi) is 12.8. The van der Waals surface area contributed by atoms with Crippen LogP contribution in [-0.4, -0.2) is 5.97 Å². The molecule has 0 aliphatic rings. The van der Waals surface area contributed by atoms with Crippen LogP contribution in [0.5, 0.6) is 0 Å². The molecular formula is C11H12NNaO3S. The van der Waals surface area contributed by atoms with Crippen molar-refractivity contribution in [3.05, 3.63) is 53.9 Å². The average Bonchev–Trinajstić information content (AvgIpc) is 2.23. The van der Waals surface area contributed by atoms with E-state index < -0.39 is 5.97 Å². The van der Waals surface area contributed by atoms with Crippen molar-refractivity contribution in [3.8, 4) is 0 Å². The van der Waals surface area contributed by atoms with Gasteiger partial charge in [0.2, 0.25) is 5.03 Å². The summed E-state index contributed by atoms with van der Waals surface area (Å²) in [6.07, 6.45) is 7.15. The maximum absolute atomic E-state index is 10.5. The van der Waals surface area contributed by atoms with Crippen LogP contribution < -0.4 is 39.4 Å². The number of pyridine rings is 1. The number of hydrogen-bond acceptors (Lipinski definition) is 4. The number of thiol groups is 1. The van der Waals surface area contributed by atoms with Gasteiger partial charge in [-0.2, -0.15) is 4.73 Å². The van der Waals surface area contributed by atoms with E-state index in [1.54, 1.807) is 37.3 Å². The monoisotopic (exact) mass is 261 g/mol. The molecule has 6 heteroatoms. The van der Waals surface area contributed by atoms with E-state index in [0.717, 1.165) is 6.08 Å². The second-order valence-electron chi connectivity index (χ2n) is 2.59. The molecule has 1 rings (SSSR count). The van der Waals surface area contributed by atoms with E-state index in [4.69, 9.17) is 0 Å². The van der Waals surface area contributed by atoms with E-state index in [1.165, 1.54) is 12.3 Å². The summed E-state index contributed by atoms with van der Waals surface area (Å²) in [5.41, 5.74) is 0. The van der Waals surface area contributed by atoms with Crippen LogP contribution in [0.2, 0.25) is 0 Å². The van der Waals surface area contributed by atoms with Crippen molar-refractivity contribution in [2.24, 2.45) is 0 Å². The number of rotatable bonds is 2. The third-order valence-electron chi connectivity index (χ3n) is 1.34. The molecule has 0 aromatic carbocycles. The zero-order valence-corrected chi connectivity index (χ0v) is 12.6. The SMILES string of the molecule is C/C=C/C=C/C(=O)[O-].[Na+].[O-][n+]1ccccc1S. The van der Waals surface area contributed by atoms with E-state index in [0.29, 0.717) is 9.76 Å². The molecule has 0 aliphatic carbocycles. The van der Waals surface area contributed by atoms with Crippen LogP contribution in [0.4, 0.5) is 0 Å². The Morgan fingerprint density at radius 1 is 1.41 bits per heavy atom. The van der Waals surface area contributed by atoms with Crippen LogP contribution >= 0.6 is 12.6 Å². The van der Waals surface area contributed by atoms with E-state index in [-0.39, 0.29) is 29.6 Å². The number of carboxylic acid groups (broad SMARTS) is 1. The van der Waals surface area contributed by atoms with Gasteiger partial charge < -0.3 is 15.1 Å². The standard InChI is InChI=1S/C6H8O2.C5H5NOS.Na/c1-2-3-4-5-6(7)8;7-6-4-2-1-3-5(6)8;/h2-5H,1H3,(H,7,8);1-4,8H;/q;;+1/p-1/b3-2+,5-4+;;. The predicted octanol–water partition coefficient (Wildman–Crippen LogP) is -2.52. The molecule has 0 N–H and O–H groups in total. The first-order chi connectivity index (χ1) is 7.57. The number of aliphatic carboxylic acids is 1. The molecule has 0 aliphatic heterocycles. The molecule has 86 valence electrons. The molecule has 1 heterocycles. The van der Waals surface area contributed by atoms with Gasteiger partial charge in [0.05, 0.1) is 5.97 Å². The summed E-state index contributed by atoms with van der Waals surface area (Å²) in [5, 5.41) is 20.5. The van der Waals surface area contributed by atoms with Crippen LogP contribution in [-0.2, 0) is 4.79 Å². The number of allylic oxidation sites excluding steroid dienone is 3. The number of nitrogens with zero attached hydrogens (tertiary/aromatic N) is 1. The van der Waals surface area contributed by atoms with Crippen LogP contribution in [0.3, 0.4) is 0 Å². The van der Waals surface area contributed by atoms with Gasteiger partial charge in [-0.3, -0.25) is 0 Å². The molecule has 0 spiro atoms. The van der Waals surface area contributed by atoms with Crippen LogP contribution in [0, 0.1) is 5.21 Å². The molecule has 0 fully saturated rings. The van der Waals surface area contributed by atoms with Crippen molar-refractivity contribution in [3.63, 3.8) is 0 Å². The summed E-state index contributed by atoms with van der Waals surface area (Å²) in [6.45, 7) is 1.81. The topological polar surface area (TPSA) is 67.1 Å². The van der Waals surface area contributed by atoms with Gasteiger partial charge in [-0.05, 0) is 19.1 Å². The minimum Gasteiger partial charge on any atom is -0.618 e. The minimum absolute atomic E-state index is 0. The van der Waals surface area contributed by atoms with Crippen molar-refractivity contribution in [2.75, 3.05) is 0 Å². The van der Waals surface area contributed by atoms with Crippen LogP contribution in [0.15, 0.2) is 53.7 Å². The number of aromatic nitrogens is 1. The fourth-order valence-corrected chi connectivity index (χ4v) is 0.817. The van der Waals surface area contributed by atoms with Crippen LogP contribution in [0.25, 0.3) is 0 Å². The molecule has 1 aromatic heterocycles. The molecular weight excluding hydrogens is 249 g/mol. The summed E-state index contributed by atoms with van der Waals surface area (Å²) >= 11 is 3.85. The Morgan fingerprint density at radius 3 is 2.41 bits per heavy atom. The van der Waals surface area contributed by atoms with Gasteiger partial charge in [0.15, 0.2) is 6.20 Å². The minimum atomic E-state index is -1.16. The van der Waals surface area contributed by atoms with Gasteiger partial charge in [-0.25, -0.2) is 0 Å². The van der Waals surface area contributed by atoms with Gasteiger partial charge >= 0.3 is 29.6 Å². The van der Waals surface area contributed by atoms with E-state index >= 15 is 0 Å². The van der Waals surface area contributed by atoms with Gasteiger partial charge in [0, 0.05) is 12.1 Å². The third kappa shape index (κ3) is 11.5. The Bertz CT molecular complexity index is 373. The zero-order valence-electron chi connectivity index (χ0n) is 9.74. The first kappa shape index (κ1) is 18.6. The number of carboxylic acids is 1. The summed E-state index contributed by atoms with van der Waals surface area (Å²) in [4.78, 5) is 9.64. The summed E-state index contributed by atoms with van der Waals surface area (Å²) in [5.74, 6) is -1.16. The Labute approximate surface area is 128 Å². The quantitative estimate of drug-likeness (QED) is 0.160. The van der Waals surface area contributed by atoms with Gasteiger partial charge in [0.25, 0.3) is 0 Å². The Morgan fingerprint density at radius 2 is 2.06 bits per heavy atom. The smallest absolute Gasteiger partial charge is 0.618 e. The van der Waals surface area contributed by atoms with Gasteiger partial charge in [0.1, 0.15) is 0 Å². The summed E-state index contributed by atoms with van der Waals surface area (Å²) in [7, 11) is 0. The van der Waals surface area contributed by atoms with Crippen molar-refractivity contribution < 1.29 is 44.2 Å². The fourth-order valence-electron chi connectivity index (χ4n) is 0.665. The van der Waals surface area contributed by atoms with Gasteiger partial charge in [-0.15, -0.1) is 0 Å². The average molecular weight is 261 g/mol. The number of carbonyl (C=O) groups is 1. The number of carbonyl (C=O) groups excluding carboxylic acids is 1. The van der Waals surface area contributed by atoms with Crippen molar-refractivity contribution >= 4 is 18.6 Å². The molecule has 0 amide bonds. The van der Waals surface area contributed by atoms with E-state index in [2.05, 4.69) is 12.6 Å². The second kappa shape index (κ2) is 11.7.